The summed E-state index contributed by atoms with van der Waals surface area (Å²) in [6.07, 6.45) is 3.13. The van der Waals surface area contributed by atoms with Gasteiger partial charge in [-0.3, -0.25) is 9.79 Å². The van der Waals surface area contributed by atoms with Crippen LogP contribution < -0.4 is 20.9 Å². The highest BCUT2D eigenvalue weighted by Gasteiger charge is 2.20. The van der Waals surface area contributed by atoms with Crippen molar-refractivity contribution in [3.63, 3.8) is 0 Å². The van der Waals surface area contributed by atoms with Crippen LogP contribution in [0, 0.1) is 0 Å². The lowest BCUT2D eigenvalue weighted by molar-refractivity contribution is -0.114. The summed E-state index contributed by atoms with van der Waals surface area (Å²) in [4.78, 5) is 17.9. The number of carbonyl (C=O) groups excluding carboxylic acids is 1. The van der Waals surface area contributed by atoms with Crippen LogP contribution in [0.3, 0.4) is 0 Å². The molecule has 1 amide bonds. The molecule has 0 aliphatic carbocycles. The van der Waals surface area contributed by atoms with Crippen molar-refractivity contribution in [2.75, 3.05) is 36.9 Å². The summed E-state index contributed by atoms with van der Waals surface area (Å²) in [5.41, 5.74) is 2.05. The highest BCUT2D eigenvalue weighted by Crippen LogP contribution is 2.24. The molecule has 1 aromatic carbocycles. The largest absolute Gasteiger partial charge is 0.363 e. The lowest BCUT2D eigenvalue weighted by atomic mass is 10.1. The van der Waals surface area contributed by atoms with Crippen LogP contribution in [0.4, 0.5) is 10.7 Å². The number of amides is 1. The van der Waals surface area contributed by atoms with E-state index in [0.717, 1.165) is 50.5 Å². The van der Waals surface area contributed by atoms with E-state index in [1.165, 1.54) is 17.5 Å². The average Bonchev–Trinajstić information content (AvgIpc) is 3.23. The molecule has 1 saturated heterocycles. The van der Waals surface area contributed by atoms with E-state index < -0.39 is 0 Å². The molecule has 2 aromatic rings. The van der Waals surface area contributed by atoms with Crippen molar-refractivity contribution in [1.29, 1.82) is 0 Å². The predicted molar refractivity (Wildman–Crippen MR) is 134 cm³/mol. The minimum atomic E-state index is -0.0505. The summed E-state index contributed by atoms with van der Waals surface area (Å²) in [7, 11) is 1.82. The maximum absolute atomic E-state index is 11.1. The quantitative estimate of drug-likeness (QED) is 0.305. The maximum Gasteiger partial charge on any atom is 0.221 e. The Morgan fingerprint density at radius 3 is 2.52 bits per heavy atom. The van der Waals surface area contributed by atoms with Gasteiger partial charge in [0.1, 0.15) is 0 Å². The first-order chi connectivity index (χ1) is 13.6. The van der Waals surface area contributed by atoms with Gasteiger partial charge in [0.2, 0.25) is 5.91 Å². The zero-order valence-electron chi connectivity index (χ0n) is 17.0. The van der Waals surface area contributed by atoms with Crippen molar-refractivity contribution < 1.29 is 4.79 Å². The predicted octanol–water partition coefficient (Wildman–Crippen LogP) is 3.70. The summed E-state index contributed by atoms with van der Waals surface area (Å²) < 4.78 is 0. The van der Waals surface area contributed by atoms with E-state index in [-0.39, 0.29) is 29.9 Å². The van der Waals surface area contributed by atoms with Crippen LogP contribution in [0.25, 0.3) is 0 Å². The van der Waals surface area contributed by atoms with Crippen molar-refractivity contribution in [2.45, 2.75) is 32.2 Å². The van der Waals surface area contributed by atoms with E-state index in [1.807, 2.05) is 42.6 Å². The summed E-state index contributed by atoms with van der Waals surface area (Å²) in [5.74, 6) is 0.815. The molecular weight excluding hydrogens is 497 g/mol. The molecule has 0 bridgehead atoms. The van der Waals surface area contributed by atoms with Gasteiger partial charge in [0.15, 0.2) is 5.96 Å². The third-order valence-corrected chi connectivity index (χ3v) is 5.79. The van der Waals surface area contributed by atoms with Gasteiger partial charge in [-0.2, -0.15) is 0 Å². The Hall–Kier alpha value is -1.81. The van der Waals surface area contributed by atoms with Gasteiger partial charge in [-0.05, 0) is 54.5 Å². The third kappa shape index (κ3) is 7.50. The molecule has 0 radical (unpaired) electrons. The third-order valence-electron chi connectivity index (χ3n) is 4.86. The van der Waals surface area contributed by atoms with Crippen molar-refractivity contribution >= 4 is 57.9 Å². The van der Waals surface area contributed by atoms with E-state index in [4.69, 9.17) is 0 Å². The summed E-state index contributed by atoms with van der Waals surface area (Å²) in [5, 5.41) is 13.3. The number of nitrogens with one attached hydrogen (secondary N) is 3. The van der Waals surface area contributed by atoms with Crippen LogP contribution in [-0.4, -0.2) is 44.6 Å². The highest BCUT2D eigenvalue weighted by molar-refractivity contribution is 14.0. The zero-order valence-corrected chi connectivity index (χ0v) is 20.1. The fraction of sp³-hybridized carbons (Fsp3) is 0.429. The van der Waals surface area contributed by atoms with Crippen LogP contribution in [0.2, 0.25) is 0 Å². The van der Waals surface area contributed by atoms with E-state index in [9.17, 15) is 4.79 Å². The molecule has 0 spiro atoms. The SMILES string of the molecule is CN=C(NCCc1ccc(NC(C)=O)cc1)NC1CCN(c2cccs2)CC1.I. The molecule has 3 N–H and O–H groups in total. The lowest BCUT2D eigenvalue weighted by Crippen LogP contribution is -2.49. The van der Waals surface area contributed by atoms with Crippen LogP contribution in [0.5, 0.6) is 0 Å². The number of rotatable bonds is 6. The fourth-order valence-electron chi connectivity index (χ4n) is 3.37. The Kier molecular flexibility index (Phi) is 9.72. The molecule has 158 valence electrons. The lowest BCUT2D eigenvalue weighted by Gasteiger charge is -2.33. The number of thiophene rings is 1. The highest BCUT2D eigenvalue weighted by atomic mass is 127. The fourth-order valence-corrected chi connectivity index (χ4v) is 4.15. The number of guanidine groups is 1. The van der Waals surface area contributed by atoms with E-state index in [0.29, 0.717) is 6.04 Å². The normalized spacial score (nSPS) is 14.8. The van der Waals surface area contributed by atoms with Crippen molar-refractivity contribution in [3.05, 3.63) is 47.3 Å². The molecule has 2 heterocycles. The Bertz CT molecular complexity index is 771. The Morgan fingerprint density at radius 1 is 1.21 bits per heavy atom. The average molecular weight is 527 g/mol. The second-order valence-corrected chi connectivity index (χ2v) is 7.91. The molecule has 8 heteroatoms. The number of hydrogen-bond donors (Lipinski definition) is 3. The topological polar surface area (TPSA) is 68.8 Å². The van der Waals surface area contributed by atoms with Gasteiger partial charge in [-0.25, -0.2) is 0 Å². The molecule has 0 unspecified atom stereocenters. The number of aliphatic imine (C=N–C) groups is 1. The van der Waals surface area contributed by atoms with E-state index in [2.05, 4.69) is 43.4 Å². The van der Waals surface area contributed by atoms with Gasteiger partial charge in [0, 0.05) is 45.3 Å². The standard InChI is InChI=1S/C21H29N5OS.HI/c1-16(27)24-18-7-5-17(6-8-18)9-12-23-21(22-2)25-19-10-13-26(14-11-19)20-4-3-15-28-20;/h3-8,15,19H,9-14H2,1-2H3,(H,24,27)(H2,22,23,25);1H. The minimum absolute atomic E-state index is 0. The van der Waals surface area contributed by atoms with Gasteiger partial charge in [-0.1, -0.05) is 12.1 Å². The van der Waals surface area contributed by atoms with Crippen LogP contribution >= 0.6 is 35.3 Å². The monoisotopic (exact) mass is 527 g/mol. The Labute approximate surface area is 194 Å². The Morgan fingerprint density at radius 2 is 1.93 bits per heavy atom. The number of anilines is 2. The zero-order chi connectivity index (χ0) is 19.8. The first-order valence-corrected chi connectivity index (χ1v) is 10.6. The Balaban J connectivity index is 0.00000300. The molecule has 6 nitrogen and oxygen atoms in total. The van der Waals surface area contributed by atoms with Crippen molar-refractivity contribution in [2.24, 2.45) is 4.99 Å². The smallest absolute Gasteiger partial charge is 0.221 e. The second kappa shape index (κ2) is 12.0. The number of piperidine rings is 1. The summed E-state index contributed by atoms with van der Waals surface area (Å²) >= 11 is 1.81. The van der Waals surface area contributed by atoms with Gasteiger partial charge in [0.25, 0.3) is 0 Å². The minimum Gasteiger partial charge on any atom is -0.363 e. The molecule has 1 aliphatic heterocycles. The van der Waals surface area contributed by atoms with Crippen molar-refractivity contribution in [1.82, 2.24) is 10.6 Å². The second-order valence-electron chi connectivity index (χ2n) is 6.98. The number of carbonyl (C=O) groups is 1. The van der Waals surface area contributed by atoms with Crippen molar-refractivity contribution in [3.8, 4) is 0 Å². The molecule has 1 aromatic heterocycles. The number of nitrogens with zero attached hydrogens (tertiary/aromatic N) is 2. The summed E-state index contributed by atoms with van der Waals surface area (Å²) in [6, 6.07) is 12.7. The first kappa shape index (κ1) is 23.5. The number of hydrogen-bond acceptors (Lipinski definition) is 4. The molecular formula is C21H30IN5OS. The molecule has 29 heavy (non-hydrogen) atoms. The maximum atomic E-state index is 11.1. The van der Waals surface area contributed by atoms with Gasteiger partial charge >= 0.3 is 0 Å². The van der Waals surface area contributed by atoms with Crippen LogP contribution in [0.15, 0.2) is 46.8 Å². The molecule has 0 atom stereocenters. The van der Waals surface area contributed by atoms with Crippen LogP contribution in [-0.2, 0) is 11.2 Å². The first-order valence-electron chi connectivity index (χ1n) is 9.76. The molecule has 0 saturated carbocycles. The van der Waals surface area contributed by atoms with Gasteiger partial charge in [-0.15, -0.1) is 35.3 Å². The molecule has 3 rings (SSSR count). The van der Waals surface area contributed by atoms with E-state index >= 15 is 0 Å². The number of halogens is 1. The number of benzene rings is 1. The van der Waals surface area contributed by atoms with Crippen LogP contribution in [0.1, 0.15) is 25.3 Å². The van der Waals surface area contributed by atoms with Gasteiger partial charge < -0.3 is 20.9 Å². The molecule has 1 aliphatic rings. The van der Waals surface area contributed by atoms with E-state index in [1.54, 1.807) is 0 Å². The van der Waals surface area contributed by atoms with Gasteiger partial charge in [0.05, 0.1) is 5.00 Å². The summed E-state index contributed by atoms with van der Waals surface area (Å²) in [6.45, 7) is 4.49. The molecule has 1 fully saturated rings.